The standard InChI is InChI=1S/C16H22O/c1-6-8-17-15-10-13(4)16(14(5)11-15)9-12(3)7-2/h2,10-12H,6,8-9H2,1,3-5H3. The predicted molar refractivity (Wildman–Crippen MR) is 73.4 cm³/mol. The van der Waals surface area contributed by atoms with Crippen LogP contribution in [-0.2, 0) is 6.42 Å². The topological polar surface area (TPSA) is 9.23 Å². The van der Waals surface area contributed by atoms with Gasteiger partial charge in [-0.05, 0) is 55.5 Å². The minimum atomic E-state index is 0.287. The van der Waals surface area contributed by atoms with Crippen molar-refractivity contribution in [3.63, 3.8) is 0 Å². The van der Waals surface area contributed by atoms with E-state index >= 15 is 0 Å². The van der Waals surface area contributed by atoms with E-state index in [1.807, 2.05) is 0 Å². The lowest BCUT2D eigenvalue weighted by Gasteiger charge is -2.14. The van der Waals surface area contributed by atoms with Crippen LogP contribution in [-0.4, -0.2) is 6.61 Å². The summed E-state index contributed by atoms with van der Waals surface area (Å²) in [5.41, 5.74) is 3.91. The quantitative estimate of drug-likeness (QED) is 0.697. The van der Waals surface area contributed by atoms with E-state index in [2.05, 4.69) is 45.7 Å². The molecule has 0 spiro atoms. The van der Waals surface area contributed by atoms with E-state index in [4.69, 9.17) is 11.2 Å². The molecule has 0 fully saturated rings. The van der Waals surface area contributed by atoms with Crippen LogP contribution < -0.4 is 4.74 Å². The maximum atomic E-state index is 5.66. The van der Waals surface area contributed by atoms with Crippen LogP contribution in [0.15, 0.2) is 12.1 Å². The summed E-state index contributed by atoms with van der Waals surface area (Å²) < 4.78 is 5.66. The Bertz CT molecular complexity index is 389. The van der Waals surface area contributed by atoms with Crippen molar-refractivity contribution in [1.82, 2.24) is 0 Å². The van der Waals surface area contributed by atoms with Crippen molar-refractivity contribution in [2.75, 3.05) is 6.61 Å². The smallest absolute Gasteiger partial charge is 0.119 e. The first-order valence-electron chi connectivity index (χ1n) is 6.27. The Balaban J connectivity index is 2.90. The molecule has 0 bridgehead atoms. The summed E-state index contributed by atoms with van der Waals surface area (Å²) in [7, 11) is 0. The van der Waals surface area contributed by atoms with E-state index < -0.39 is 0 Å². The molecule has 1 unspecified atom stereocenters. The van der Waals surface area contributed by atoms with Crippen molar-refractivity contribution in [2.45, 2.75) is 40.5 Å². The van der Waals surface area contributed by atoms with Gasteiger partial charge in [0.1, 0.15) is 5.75 Å². The largest absolute Gasteiger partial charge is 0.494 e. The molecule has 1 rings (SSSR count). The molecule has 1 heteroatoms. The molecule has 0 radical (unpaired) electrons. The second-order valence-electron chi connectivity index (χ2n) is 4.66. The minimum absolute atomic E-state index is 0.287. The Hall–Kier alpha value is -1.42. The van der Waals surface area contributed by atoms with Crippen LogP contribution in [0.25, 0.3) is 0 Å². The molecule has 0 heterocycles. The Morgan fingerprint density at radius 1 is 1.29 bits per heavy atom. The van der Waals surface area contributed by atoms with Crippen LogP contribution in [0, 0.1) is 32.1 Å². The molecule has 0 saturated heterocycles. The lowest BCUT2D eigenvalue weighted by molar-refractivity contribution is 0.317. The summed E-state index contributed by atoms with van der Waals surface area (Å²) >= 11 is 0. The molecule has 0 aliphatic carbocycles. The van der Waals surface area contributed by atoms with Gasteiger partial charge in [0.25, 0.3) is 0 Å². The molecular formula is C16H22O. The molecule has 0 aromatic heterocycles. The highest BCUT2D eigenvalue weighted by Gasteiger charge is 2.08. The van der Waals surface area contributed by atoms with Crippen LogP contribution >= 0.6 is 0 Å². The van der Waals surface area contributed by atoms with Crippen LogP contribution in [0.1, 0.15) is 37.0 Å². The van der Waals surface area contributed by atoms with Gasteiger partial charge in [0.15, 0.2) is 0 Å². The fourth-order valence-electron chi connectivity index (χ4n) is 1.94. The summed E-state index contributed by atoms with van der Waals surface area (Å²) in [6.07, 6.45) is 7.42. The Morgan fingerprint density at radius 3 is 2.35 bits per heavy atom. The summed E-state index contributed by atoms with van der Waals surface area (Å²) in [6, 6.07) is 4.22. The zero-order valence-electron chi connectivity index (χ0n) is 11.3. The molecule has 1 atom stereocenters. The highest BCUT2D eigenvalue weighted by atomic mass is 16.5. The van der Waals surface area contributed by atoms with Gasteiger partial charge in [-0.25, -0.2) is 0 Å². The number of hydrogen-bond donors (Lipinski definition) is 0. The Kier molecular flexibility index (Phi) is 5.10. The summed E-state index contributed by atoms with van der Waals surface area (Å²) in [5.74, 6) is 4.04. The maximum absolute atomic E-state index is 5.66. The van der Waals surface area contributed by atoms with E-state index in [9.17, 15) is 0 Å². The van der Waals surface area contributed by atoms with Crippen molar-refractivity contribution < 1.29 is 4.74 Å². The van der Waals surface area contributed by atoms with Crippen molar-refractivity contribution >= 4 is 0 Å². The highest BCUT2D eigenvalue weighted by molar-refractivity contribution is 5.41. The van der Waals surface area contributed by atoms with E-state index in [0.29, 0.717) is 0 Å². The minimum Gasteiger partial charge on any atom is -0.494 e. The van der Waals surface area contributed by atoms with Gasteiger partial charge >= 0.3 is 0 Å². The van der Waals surface area contributed by atoms with Gasteiger partial charge in [-0.2, -0.15) is 0 Å². The van der Waals surface area contributed by atoms with Gasteiger partial charge in [0.2, 0.25) is 0 Å². The molecule has 0 saturated carbocycles. The molecule has 0 amide bonds. The third-order valence-electron chi connectivity index (χ3n) is 2.94. The van der Waals surface area contributed by atoms with E-state index in [1.165, 1.54) is 16.7 Å². The number of benzene rings is 1. The monoisotopic (exact) mass is 230 g/mol. The summed E-state index contributed by atoms with van der Waals surface area (Å²) in [6.45, 7) is 9.23. The molecular weight excluding hydrogens is 208 g/mol. The second kappa shape index (κ2) is 6.35. The zero-order valence-corrected chi connectivity index (χ0v) is 11.3. The van der Waals surface area contributed by atoms with Crippen molar-refractivity contribution in [3.05, 3.63) is 28.8 Å². The molecule has 1 aromatic rings. The molecule has 0 aliphatic heterocycles. The summed E-state index contributed by atoms with van der Waals surface area (Å²) in [5, 5.41) is 0. The lowest BCUT2D eigenvalue weighted by Crippen LogP contribution is -2.03. The average Bonchev–Trinajstić information content (AvgIpc) is 2.30. The molecule has 17 heavy (non-hydrogen) atoms. The van der Waals surface area contributed by atoms with Gasteiger partial charge in [0, 0.05) is 5.92 Å². The molecule has 92 valence electrons. The van der Waals surface area contributed by atoms with Crippen LogP contribution in [0.2, 0.25) is 0 Å². The summed E-state index contributed by atoms with van der Waals surface area (Å²) in [4.78, 5) is 0. The normalized spacial score (nSPS) is 11.9. The first kappa shape index (κ1) is 13.6. The first-order valence-corrected chi connectivity index (χ1v) is 6.27. The number of rotatable bonds is 5. The van der Waals surface area contributed by atoms with Gasteiger partial charge in [-0.15, -0.1) is 12.3 Å². The van der Waals surface area contributed by atoms with Gasteiger partial charge in [-0.3, -0.25) is 0 Å². The average molecular weight is 230 g/mol. The number of aryl methyl sites for hydroxylation is 2. The van der Waals surface area contributed by atoms with E-state index in [-0.39, 0.29) is 5.92 Å². The fourth-order valence-corrected chi connectivity index (χ4v) is 1.94. The predicted octanol–water partition coefficient (Wildman–Crippen LogP) is 3.90. The zero-order chi connectivity index (χ0) is 12.8. The van der Waals surface area contributed by atoms with Crippen LogP contribution in [0.3, 0.4) is 0 Å². The van der Waals surface area contributed by atoms with Gasteiger partial charge in [0.05, 0.1) is 6.61 Å². The highest BCUT2D eigenvalue weighted by Crippen LogP contribution is 2.24. The third-order valence-corrected chi connectivity index (χ3v) is 2.94. The van der Waals surface area contributed by atoms with E-state index in [0.717, 1.165) is 25.2 Å². The van der Waals surface area contributed by atoms with Crippen molar-refractivity contribution in [2.24, 2.45) is 5.92 Å². The Labute approximate surface area is 105 Å². The number of ether oxygens (including phenoxy) is 1. The number of terminal acetylenes is 1. The first-order chi connectivity index (χ1) is 8.08. The van der Waals surface area contributed by atoms with Gasteiger partial charge in [-0.1, -0.05) is 13.8 Å². The Morgan fingerprint density at radius 2 is 1.88 bits per heavy atom. The lowest BCUT2D eigenvalue weighted by atomic mass is 9.94. The second-order valence-corrected chi connectivity index (χ2v) is 4.66. The van der Waals surface area contributed by atoms with Gasteiger partial charge < -0.3 is 4.74 Å². The van der Waals surface area contributed by atoms with E-state index in [1.54, 1.807) is 0 Å². The van der Waals surface area contributed by atoms with Crippen molar-refractivity contribution in [1.29, 1.82) is 0 Å². The maximum Gasteiger partial charge on any atom is 0.119 e. The molecule has 0 aliphatic rings. The van der Waals surface area contributed by atoms with Crippen LogP contribution in [0.5, 0.6) is 5.75 Å². The molecule has 1 nitrogen and oxygen atoms in total. The van der Waals surface area contributed by atoms with Crippen LogP contribution in [0.4, 0.5) is 0 Å². The molecule has 1 aromatic carbocycles. The number of hydrogen-bond acceptors (Lipinski definition) is 1. The fraction of sp³-hybridized carbons (Fsp3) is 0.500. The SMILES string of the molecule is C#CC(C)Cc1c(C)cc(OCCC)cc1C. The van der Waals surface area contributed by atoms with Crippen molar-refractivity contribution in [3.8, 4) is 18.1 Å². The third kappa shape index (κ3) is 3.82. The molecule has 0 N–H and O–H groups in total.